The van der Waals surface area contributed by atoms with E-state index in [2.05, 4.69) is 32.5 Å². The zero-order valence-electron chi connectivity index (χ0n) is 18.4. The number of hydrogen-bond acceptors (Lipinski definition) is 6. The summed E-state index contributed by atoms with van der Waals surface area (Å²) in [6.45, 7) is 7.93. The second-order valence-electron chi connectivity index (χ2n) is 9.48. The first kappa shape index (κ1) is 20.6. The predicted molar refractivity (Wildman–Crippen MR) is 121 cm³/mol. The number of benzene rings is 1. The van der Waals surface area contributed by atoms with Crippen molar-refractivity contribution in [3.8, 4) is 0 Å². The van der Waals surface area contributed by atoms with Crippen LogP contribution in [0.2, 0.25) is 0 Å². The van der Waals surface area contributed by atoms with Crippen LogP contribution in [0.25, 0.3) is 10.8 Å². The number of carbonyl (C=O) groups excluding carboxylic acids is 1. The predicted octanol–water partition coefficient (Wildman–Crippen LogP) is 2.70. The summed E-state index contributed by atoms with van der Waals surface area (Å²) < 4.78 is 5.82. The van der Waals surface area contributed by atoms with Crippen molar-refractivity contribution >= 4 is 22.5 Å². The lowest BCUT2D eigenvalue weighted by Crippen LogP contribution is -2.51. The molecule has 5 rings (SSSR count). The summed E-state index contributed by atoms with van der Waals surface area (Å²) in [6, 6.07) is 8.16. The number of likely N-dealkylation sites (tertiary alicyclic amines) is 1. The van der Waals surface area contributed by atoms with Crippen LogP contribution in [0.1, 0.15) is 31.4 Å². The van der Waals surface area contributed by atoms with Gasteiger partial charge < -0.3 is 19.9 Å². The Kier molecular flexibility index (Phi) is 6.05. The second kappa shape index (κ2) is 9.09. The number of anilines is 1. The van der Waals surface area contributed by atoms with Gasteiger partial charge in [0.1, 0.15) is 6.61 Å². The van der Waals surface area contributed by atoms with Crippen molar-refractivity contribution in [2.45, 2.75) is 38.7 Å². The Labute approximate surface area is 184 Å². The molecule has 2 saturated heterocycles. The molecule has 7 nitrogen and oxygen atoms in total. The van der Waals surface area contributed by atoms with Crippen molar-refractivity contribution in [3.63, 3.8) is 0 Å². The normalized spacial score (nSPS) is 23.5. The van der Waals surface area contributed by atoms with Gasteiger partial charge in [-0.2, -0.15) is 5.10 Å². The number of nitrogens with one attached hydrogen (secondary N) is 1. The van der Waals surface area contributed by atoms with Crippen molar-refractivity contribution in [1.29, 1.82) is 0 Å². The Morgan fingerprint density at radius 3 is 2.55 bits per heavy atom. The molecule has 1 aliphatic carbocycles. The van der Waals surface area contributed by atoms with E-state index in [0.29, 0.717) is 19.0 Å². The topological polar surface area (TPSA) is 70.6 Å². The van der Waals surface area contributed by atoms with Gasteiger partial charge in [0.2, 0.25) is 5.91 Å². The monoisotopic (exact) mass is 423 g/mol. The third-order valence-electron chi connectivity index (χ3n) is 6.99. The van der Waals surface area contributed by atoms with Crippen LogP contribution in [0, 0.1) is 18.8 Å². The van der Waals surface area contributed by atoms with Crippen molar-refractivity contribution in [2.24, 2.45) is 11.8 Å². The molecule has 3 fully saturated rings. The fourth-order valence-corrected chi connectivity index (χ4v) is 4.89. The van der Waals surface area contributed by atoms with Crippen LogP contribution in [0.4, 0.5) is 5.82 Å². The average molecular weight is 424 g/mol. The van der Waals surface area contributed by atoms with Gasteiger partial charge in [-0.3, -0.25) is 4.79 Å². The van der Waals surface area contributed by atoms with E-state index >= 15 is 0 Å². The maximum Gasteiger partial charge on any atom is 0.248 e. The SMILES string of the molecule is Cc1nnc(NCC2CN(CC3CCN(CC4CC4)CC3)C(=O)CO2)c2ccccc12. The number of carbonyl (C=O) groups is 1. The lowest BCUT2D eigenvalue weighted by atomic mass is 9.95. The lowest BCUT2D eigenvalue weighted by Gasteiger charge is -2.38. The van der Waals surface area contributed by atoms with Crippen LogP contribution in [0.3, 0.4) is 0 Å². The average Bonchev–Trinajstić information content (AvgIpc) is 3.61. The third kappa shape index (κ3) is 4.99. The van der Waals surface area contributed by atoms with E-state index in [4.69, 9.17) is 4.74 Å². The van der Waals surface area contributed by atoms with Gasteiger partial charge in [-0.15, -0.1) is 5.10 Å². The van der Waals surface area contributed by atoms with Crippen molar-refractivity contribution in [1.82, 2.24) is 20.0 Å². The molecule has 3 heterocycles. The molecule has 166 valence electrons. The molecule has 1 saturated carbocycles. The molecule has 3 aliphatic rings. The molecule has 1 unspecified atom stereocenters. The molecule has 2 aromatic rings. The van der Waals surface area contributed by atoms with Gasteiger partial charge in [0.05, 0.1) is 11.8 Å². The van der Waals surface area contributed by atoms with Gasteiger partial charge in [-0.05, 0) is 57.5 Å². The van der Waals surface area contributed by atoms with Gasteiger partial charge >= 0.3 is 0 Å². The van der Waals surface area contributed by atoms with Gasteiger partial charge in [-0.1, -0.05) is 24.3 Å². The van der Waals surface area contributed by atoms with Crippen LogP contribution in [-0.2, 0) is 9.53 Å². The summed E-state index contributed by atoms with van der Waals surface area (Å²) in [4.78, 5) is 17.1. The minimum Gasteiger partial charge on any atom is -0.365 e. The highest BCUT2D eigenvalue weighted by atomic mass is 16.5. The van der Waals surface area contributed by atoms with E-state index in [1.54, 1.807) is 0 Å². The Morgan fingerprint density at radius 1 is 1.03 bits per heavy atom. The summed E-state index contributed by atoms with van der Waals surface area (Å²) >= 11 is 0. The minimum atomic E-state index is -0.0329. The van der Waals surface area contributed by atoms with E-state index in [0.717, 1.165) is 34.7 Å². The Balaban J connectivity index is 1.14. The van der Waals surface area contributed by atoms with E-state index in [1.165, 1.54) is 45.3 Å². The van der Waals surface area contributed by atoms with E-state index < -0.39 is 0 Å². The fourth-order valence-electron chi connectivity index (χ4n) is 4.89. The summed E-state index contributed by atoms with van der Waals surface area (Å²) in [5, 5.41) is 14.2. The van der Waals surface area contributed by atoms with E-state index in [1.807, 2.05) is 24.0 Å². The summed E-state index contributed by atoms with van der Waals surface area (Å²) in [7, 11) is 0. The smallest absolute Gasteiger partial charge is 0.248 e. The first-order valence-corrected chi connectivity index (χ1v) is 11.7. The van der Waals surface area contributed by atoms with Crippen LogP contribution in [-0.4, -0.2) is 77.9 Å². The van der Waals surface area contributed by atoms with Crippen LogP contribution < -0.4 is 5.32 Å². The highest BCUT2D eigenvalue weighted by Crippen LogP contribution is 2.31. The summed E-state index contributed by atoms with van der Waals surface area (Å²) in [6.07, 6.45) is 5.20. The number of rotatable bonds is 7. The van der Waals surface area contributed by atoms with Crippen molar-refractivity contribution in [3.05, 3.63) is 30.0 Å². The highest BCUT2D eigenvalue weighted by molar-refractivity contribution is 5.92. The molecule has 1 atom stereocenters. The van der Waals surface area contributed by atoms with Gasteiger partial charge in [-0.25, -0.2) is 0 Å². The molecule has 0 spiro atoms. The molecular formula is C24H33N5O2. The van der Waals surface area contributed by atoms with Crippen LogP contribution >= 0.6 is 0 Å². The Bertz CT molecular complexity index is 923. The molecule has 2 aliphatic heterocycles. The first-order valence-electron chi connectivity index (χ1n) is 11.7. The number of piperidine rings is 1. The van der Waals surface area contributed by atoms with Crippen LogP contribution in [0.5, 0.6) is 0 Å². The molecule has 31 heavy (non-hydrogen) atoms. The van der Waals surface area contributed by atoms with Crippen molar-refractivity contribution in [2.75, 3.05) is 51.2 Å². The number of amides is 1. The molecule has 1 N–H and O–H groups in total. The van der Waals surface area contributed by atoms with E-state index in [-0.39, 0.29) is 18.6 Å². The van der Waals surface area contributed by atoms with Crippen molar-refractivity contribution < 1.29 is 9.53 Å². The Morgan fingerprint density at radius 2 is 1.77 bits per heavy atom. The molecule has 7 heteroatoms. The second-order valence-corrected chi connectivity index (χ2v) is 9.48. The number of nitrogens with zero attached hydrogens (tertiary/aromatic N) is 4. The van der Waals surface area contributed by atoms with E-state index in [9.17, 15) is 4.79 Å². The fraction of sp³-hybridized carbons (Fsp3) is 0.625. The lowest BCUT2D eigenvalue weighted by molar-refractivity contribution is -0.149. The maximum absolute atomic E-state index is 12.5. The molecular weight excluding hydrogens is 390 g/mol. The van der Waals surface area contributed by atoms with Gasteiger partial charge in [0.25, 0.3) is 0 Å². The number of morpholine rings is 1. The zero-order chi connectivity index (χ0) is 21.2. The summed E-state index contributed by atoms with van der Waals surface area (Å²) in [5.41, 5.74) is 0.926. The summed E-state index contributed by atoms with van der Waals surface area (Å²) in [5.74, 6) is 2.47. The molecule has 1 aromatic carbocycles. The number of aromatic nitrogens is 2. The standard InChI is InChI=1S/C24H33N5O2/c1-17-21-4-2-3-5-22(21)24(27-26-17)25-12-20-15-29(23(30)16-31-20)14-19-8-10-28(11-9-19)13-18-6-7-18/h2-5,18-20H,6-16H2,1H3,(H,25,27). The van der Waals surface area contributed by atoms with Crippen LogP contribution in [0.15, 0.2) is 24.3 Å². The third-order valence-corrected chi connectivity index (χ3v) is 6.99. The number of aryl methyl sites for hydroxylation is 1. The largest absolute Gasteiger partial charge is 0.365 e. The van der Waals surface area contributed by atoms with Gasteiger partial charge in [0.15, 0.2) is 5.82 Å². The zero-order valence-corrected chi connectivity index (χ0v) is 18.4. The number of hydrogen-bond donors (Lipinski definition) is 1. The number of fused-ring (bicyclic) bond motifs is 1. The molecule has 0 radical (unpaired) electrons. The minimum absolute atomic E-state index is 0.0329. The molecule has 1 amide bonds. The number of ether oxygens (including phenoxy) is 1. The molecule has 0 bridgehead atoms. The maximum atomic E-state index is 12.5. The quantitative estimate of drug-likeness (QED) is 0.738. The molecule has 1 aromatic heterocycles. The van der Waals surface area contributed by atoms with Gasteiger partial charge in [0, 0.05) is 37.0 Å². The highest BCUT2D eigenvalue weighted by Gasteiger charge is 2.31. The Hall–Kier alpha value is -2.25. The first-order chi connectivity index (χ1) is 15.2.